The summed E-state index contributed by atoms with van der Waals surface area (Å²) < 4.78 is 0. The third kappa shape index (κ3) is 2.99. The normalized spacial score (nSPS) is 34.2. The molecule has 0 aliphatic heterocycles. The van der Waals surface area contributed by atoms with E-state index in [1.807, 2.05) is 18.2 Å². The van der Waals surface area contributed by atoms with E-state index in [0.717, 1.165) is 42.7 Å². The smallest absolute Gasteiger partial charge is 0.232 e. The van der Waals surface area contributed by atoms with Crippen molar-refractivity contribution in [2.45, 2.75) is 45.1 Å². The molecule has 0 saturated heterocycles. The van der Waals surface area contributed by atoms with Crippen LogP contribution in [0.1, 0.15) is 44.2 Å². The fourth-order valence-electron chi connectivity index (χ4n) is 5.34. The summed E-state index contributed by atoms with van der Waals surface area (Å²) in [6.45, 7) is 0.542. The van der Waals surface area contributed by atoms with Gasteiger partial charge in [-0.15, -0.1) is 0 Å². The lowest BCUT2D eigenvalue weighted by atomic mass is 9.49. The van der Waals surface area contributed by atoms with Crippen molar-refractivity contribution in [1.82, 2.24) is 15.6 Å². The Hall–Kier alpha value is -1.49. The van der Waals surface area contributed by atoms with Crippen LogP contribution in [0, 0.1) is 23.2 Å². The molecule has 0 unspecified atom stereocenters. The third-order valence-corrected chi connectivity index (χ3v) is 6.15. The summed E-state index contributed by atoms with van der Waals surface area (Å²) >= 11 is 5.31. The van der Waals surface area contributed by atoms with E-state index in [0.29, 0.717) is 11.7 Å². The number of hydrogen-bond acceptors (Lipinski definition) is 3. The fraction of sp³-hybridized carbons (Fsp3) is 0.611. The van der Waals surface area contributed by atoms with Gasteiger partial charge in [-0.05, 0) is 80.6 Å². The average Bonchev–Trinajstić information content (AvgIpc) is 2.52. The van der Waals surface area contributed by atoms with Crippen molar-refractivity contribution in [3.8, 4) is 0 Å². The van der Waals surface area contributed by atoms with Crippen molar-refractivity contribution >= 4 is 23.2 Å². The maximum Gasteiger partial charge on any atom is 0.232 e. The lowest BCUT2D eigenvalue weighted by molar-refractivity contribution is -0.144. The number of aromatic nitrogens is 1. The topological polar surface area (TPSA) is 54.0 Å². The number of pyridine rings is 1. The van der Waals surface area contributed by atoms with Gasteiger partial charge in [0.1, 0.15) is 0 Å². The summed E-state index contributed by atoms with van der Waals surface area (Å²) in [6, 6.07) is 5.77. The van der Waals surface area contributed by atoms with Gasteiger partial charge in [-0.2, -0.15) is 0 Å². The summed E-state index contributed by atoms with van der Waals surface area (Å²) in [7, 11) is 0. The van der Waals surface area contributed by atoms with Crippen molar-refractivity contribution in [2.75, 3.05) is 0 Å². The second-order valence-corrected chi connectivity index (χ2v) is 8.06. The third-order valence-electron chi connectivity index (χ3n) is 5.90. The monoisotopic (exact) mass is 329 g/mol. The van der Waals surface area contributed by atoms with E-state index in [1.165, 1.54) is 19.3 Å². The predicted molar refractivity (Wildman–Crippen MR) is 92.4 cm³/mol. The van der Waals surface area contributed by atoms with Gasteiger partial charge >= 0.3 is 0 Å². The van der Waals surface area contributed by atoms with Crippen LogP contribution in [0.15, 0.2) is 24.4 Å². The molecule has 4 bridgehead atoms. The molecule has 122 valence electrons. The molecule has 4 aliphatic rings. The molecule has 5 heteroatoms. The number of thiocarbonyl (C=S) groups is 1. The van der Waals surface area contributed by atoms with Crippen molar-refractivity contribution in [1.29, 1.82) is 0 Å². The highest BCUT2D eigenvalue weighted by Gasteiger charge is 2.54. The van der Waals surface area contributed by atoms with Gasteiger partial charge in [0.25, 0.3) is 0 Å². The highest BCUT2D eigenvalue weighted by atomic mass is 32.1. The fourth-order valence-corrected chi connectivity index (χ4v) is 5.51. The molecule has 1 aromatic heterocycles. The van der Waals surface area contributed by atoms with E-state index in [-0.39, 0.29) is 11.3 Å². The van der Waals surface area contributed by atoms with Crippen LogP contribution in [-0.2, 0) is 11.3 Å². The molecule has 23 heavy (non-hydrogen) atoms. The van der Waals surface area contributed by atoms with E-state index >= 15 is 0 Å². The van der Waals surface area contributed by atoms with E-state index in [9.17, 15) is 4.79 Å². The molecule has 0 radical (unpaired) electrons. The standard InChI is InChI=1S/C18H23N3OS/c22-16(21-17(23)20-11-15-3-1-2-4-19-15)18-8-12-5-13(9-18)7-14(6-12)10-18/h1-4,12-14H,5-11H2,(H2,20,21,22,23). The van der Waals surface area contributed by atoms with Crippen LogP contribution in [0.2, 0.25) is 0 Å². The molecule has 5 rings (SSSR count). The number of rotatable bonds is 3. The van der Waals surface area contributed by atoms with Gasteiger partial charge in [-0.3, -0.25) is 9.78 Å². The summed E-state index contributed by atoms with van der Waals surface area (Å²) in [5.74, 6) is 2.45. The van der Waals surface area contributed by atoms with E-state index < -0.39 is 0 Å². The molecule has 2 N–H and O–H groups in total. The molecule has 1 heterocycles. The molecular weight excluding hydrogens is 306 g/mol. The van der Waals surface area contributed by atoms with Gasteiger partial charge in [-0.25, -0.2) is 0 Å². The zero-order valence-corrected chi connectivity index (χ0v) is 14.1. The van der Waals surface area contributed by atoms with Gasteiger partial charge in [0.05, 0.1) is 17.7 Å². The second kappa shape index (κ2) is 5.86. The highest BCUT2D eigenvalue weighted by molar-refractivity contribution is 7.80. The van der Waals surface area contributed by atoms with Crippen molar-refractivity contribution in [3.63, 3.8) is 0 Å². The minimum atomic E-state index is -0.147. The van der Waals surface area contributed by atoms with Gasteiger partial charge in [0.2, 0.25) is 5.91 Å². The predicted octanol–water partition coefficient (Wildman–Crippen LogP) is 2.79. The molecule has 4 nitrogen and oxygen atoms in total. The summed E-state index contributed by atoms with van der Waals surface area (Å²) in [5, 5.41) is 6.49. The maximum absolute atomic E-state index is 12.9. The van der Waals surface area contributed by atoms with Crippen LogP contribution < -0.4 is 10.6 Å². The Morgan fingerprint density at radius 3 is 2.39 bits per heavy atom. The lowest BCUT2D eigenvalue weighted by Gasteiger charge is -2.55. The SMILES string of the molecule is O=C(NC(=S)NCc1ccccn1)C12CC3CC(CC(C3)C1)C2. The van der Waals surface area contributed by atoms with Gasteiger partial charge < -0.3 is 10.6 Å². The number of carbonyl (C=O) groups excluding carboxylic acids is 1. The first-order valence-corrected chi connectivity index (χ1v) is 9.03. The molecule has 0 atom stereocenters. The van der Waals surface area contributed by atoms with Crippen LogP contribution in [0.3, 0.4) is 0 Å². The maximum atomic E-state index is 12.9. The minimum Gasteiger partial charge on any atom is -0.357 e. The Kier molecular flexibility index (Phi) is 3.84. The molecule has 4 saturated carbocycles. The van der Waals surface area contributed by atoms with Gasteiger partial charge in [0.15, 0.2) is 5.11 Å². The first kappa shape index (κ1) is 15.1. The number of carbonyl (C=O) groups is 1. The molecule has 0 spiro atoms. The molecule has 0 aromatic carbocycles. The number of nitrogens with zero attached hydrogens (tertiary/aromatic N) is 1. The van der Waals surface area contributed by atoms with Crippen LogP contribution in [0.5, 0.6) is 0 Å². The zero-order chi connectivity index (χ0) is 15.9. The number of amides is 1. The molecule has 1 amide bonds. The molecule has 1 aromatic rings. The zero-order valence-electron chi connectivity index (χ0n) is 13.3. The quantitative estimate of drug-likeness (QED) is 0.837. The molecular formula is C18H23N3OS. The Morgan fingerprint density at radius 1 is 1.17 bits per heavy atom. The van der Waals surface area contributed by atoms with Crippen LogP contribution in [-0.4, -0.2) is 16.0 Å². The largest absolute Gasteiger partial charge is 0.357 e. The molecule has 4 aliphatic carbocycles. The lowest BCUT2D eigenvalue weighted by Crippen LogP contribution is -2.55. The average molecular weight is 329 g/mol. The second-order valence-electron chi connectivity index (χ2n) is 7.66. The highest BCUT2D eigenvalue weighted by Crippen LogP contribution is 2.60. The Balaban J connectivity index is 1.35. The number of hydrogen-bond donors (Lipinski definition) is 2. The molecule has 4 fully saturated rings. The van der Waals surface area contributed by atoms with Crippen LogP contribution >= 0.6 is 12.2 Å². The summed E-state index contributed by atoms with van der Waals surface area (Å²) in [5.41, 5.74) is 0.768. The van der Waals surface area contributed by atoms with E-state index in [1.54, 1.807) is 6.20 Å². The Labute approximate surface area is 142 Å². The van der Waals surface area contributed by atoms with Crippen LogP contribution in [0.25, 0.3) is 0 Å². The minimum absolute atomic E-state index is 0.147. The van der Waals surface area contributed by atoms with Crippen molar-refractivity contribution in [2.24, 2.45) is 23.2 Å². The Morgan fingerprint density at radius 2 is 1.83 bits per heavy atom. The van der Waals surface area contributed by atoms with Gasteiger partial charge in [-0.1, -0.05) is 6.07 Å². The van der Waals surface area contributed by atoms with Crippen molar-refractivity contribution in [3.05, 3.63) is 30.1 Å². The van der Waals surface area contributed by atoms with E-state index in [2.05, 4.69) is 15.6 Å². The van der Waals surface area contributed by atoms with Gasteiger partial charge in [0, 0.05) is 6.20 Å². The van der Waals surface area contributed by atoms with Crippen LogP contribution in [0.4, 0.5) is 0 Å². The first-order chi connectivity index (χ1) is 11.1. The summed E-state index contributed by atoms with van der Waals surface area (Å²) in [4.78, 5) is 17.1. The Bertz CT molecular complexity index is 581. The number of nitrogens with one attached hydrogen (secondary N) is 2. The first-order valence-electron chi connectivity index (χ1n) is 8.62. The van der Waals surface area contributed by atoms with Crippen molar-refractivity contribution < 1.29 is 4.79 Å². The summed E-state index contributed by atoms with van der Waals surface area (Å²) in [6.07, 6.45) is 8.97. The van der Waals surface area contributed by atoms with E-state index in [4.69, 9.17) is 12.2 Å².